The third kappa shape index (κ3) is 3.22. The minimum absolute atomic E-state index is 0.573. The highest BCUT2D eigenvalue weighted by Crippen LogP contribution is 2.34. The van der Waals surface area contributed by atoms with Gasteiger partial charge in [-0.3, -0.25) is 4.98 Å². The van der Waals surface area contributed by atoms with Crippen molar-refractivity contribution in [3.63, 3.8) is 0 Å². The van der Waals surface area contributed by atoms with Gasteiger partial charge in [-0.2, -0.15) is 0 Å². The second kappa shape index (κ2) is 6.26. The number of fused-ring (bicyclic) bond motifs is 1. The lowest BCUT2D eigenvalue weighted by molar-refractivity contribution is 0.285. The molecule has 1 aliphatic carbocycles. The van der Waals surface area contributed by atoms with E-state index in [0.717, 1.165) is 23.8 Å². The predicted octanol–water partition coefficient (Wildman–Crippen LogP) is 5.37. The maximum atomic E-state index is 4.79. The Balaban J connectivity index is 1.69. The number of pyridine rings is 1. The number of alkyl halides is 1. The molecule has 0 amide bonds. The summed E-state index contributed by atoms with van der Waals surface area (Å²) in [6.07, 6.45) is 6.55. The van der Waals surface area contributed by atoms with E-state index < -0.39 is 0 Å². The van der Waals surface area contributed by atoms with Crippen LogP contribution in [-0.2, 0) is 6.42 Å². The van der Waals surface area contributed by atoms with Gasteiger partial charge in [0.05, 0.1) is 5.52 Å². The highest BCUT2D eigenvalue weighted by molar-refractivity contribution is 9.09. The molecule has 106 valence electrons. The van der Waals surface area contributed by atoms with Crippen molar-refractivity contribution in [1.82, 2.24) is 4.98 Å². The molecule has 1 unspecified atom stereocenters. The molecule has 0 saturated heterocycles. The Hall–Kier alpha value is -0.890. The highest BCUT2D eigenvalue weighted by Gasteiger charge is 2.24. The molecule has 0 N–H and O–H groups in total. The summed E-state index contributed by atoms with van der Waals surface area (Å²) in [4.78, 5) is 5.37. The normalized spacial score (nSPS) is 24.7. The molecule has 0 spiro atoms. The smallest absolute Gasteiger partial charge is 0.0705 e. The van der Waals surface area contributed by atoms with Gasteiger partial charge in [0.25, 0.3) is 0 Å². The molecular formula is C18H22BrN. The van der Waals surface area contributed by atoms with E-state index >= 15 is 0 Å². The van der Waals surface area contributed by atoms with E-state index in [9.17, 15) is 0 Å². The molecule has 1 aromatic heterocycles. The maximum Gasteiger partial charge on any atom is 0.0705 e. The summed E-state index contributed by atoms with van der Waals surface area (Å²) >= 11 is 3.92. The van der Waals surface area contributed by atoms with Crippen LogP contribution in [0.2, 0.25) is 0 Å². The Kier molecular flexibility index (Phi) is 4.40. The average Bonchev–Trinajstić information content (AvgIpc) is 2.48. The van der Waals surface area contributed by atoms with Gasteiger partial charge in [0.15, 0.2) is 0 Å². The minimum Gasteiger partial charge on any atom is -0.253 e. The van der Waals surface area contributed by atoms with Gasteiger partial charge in [0.2, 0.25) is 0 Å². The fourth-order valence-corrected chi connectivity index (χ4v) is 4.10. The number of aromatic nitrogens is 1. The van der Waals surface area contributed by atoms with Crippen molar-refractivity contribution in [3.8, 4) is 0 Å². The Labute approximate surface area is 129 Å². The molecular weight excluding hydrogens is 310 g/mol. The van der Waals surface area contributed by atoms with E-state index in [1.54, 1.807) is 0 Å². The number of nitrogens with zero attached hydrogens (tertiary/aromatic N) is 1. The van der Waals surface area contributed by atoms with Gasteiger partial charge in [0.1, 0.15) is 0 Å². The van der Waals surface area contributed by atoms with E-state index in [2.05, 4.69) is 59.3 Å². The van der Waals surface area contributed by atoms with Crippen molar-refractivity contribution in [3.05, 3.63) is 42.1 Å². The van der Waals surface area contributed by atoms with Crippen LogP contribution in [-0.4, -0.2) is 9.81 Å². The SMILES string of the molecule is CC1CCC(C(Br)Cc2ccc3ccccc3n2)CC1. The molecule has 1 fully saturated rings. The van der Waals surface area contributed by atoms with Crippen molar-refractivity contribution < 1.29 is 0 Å². The molecule has 2 heteroatoms. The first-order chi connectivity index (χ1) is 9.72. The van der Waals surface area contributed by atoms with Gasteiger partial charge in [-0.25, -0.2) is 0 Å². The molecule has 0 radical (unpaired) electrons. The zero-order valence-electron chi connectivity index (χ0n) is 12.1. The number of hydrogen-bond acceptors (Lipinski definition) is 1. The van der Waals surface area contributed by atoms with Crippen molar-refractivity contribution in [1.29, 1.82) is 0 Å². The fourth-order valence-electron chi connectivity index (χ4n) is 3.24. The first-order valence-electron chi connectivity index (χ1n) is 7.71. The fraction of sp³-hybridized carbons (Fsp3) is 0.500. The van der Waals surface area contributed by atoms with Gasteiger partial charge in [0, 0.05) is 22.3 Å². The van der Waals surface area contributed by atoms with Gasteiger partial charge in [-0.1, -0.05) is 60.0 Å². The lowest BCUT2D eigenvalue weighted by atomic mass is 9.80. The van der Waals surface area contributed by atoms with Crippen LogP contribution in [0, 0.1) is 11.8 Å². The zero-order valence-corrected chi connectivity index (χ0v) is 13.6. The standard InChI is InChI=1S/C18H22BrN/c1-13-6-8-14(9-7-13)17(19)12-16-11-10-15-4-2-3-5-18(15)20-16/h2-5,10-11,13-14,17H,6-9,12H2,1H3. The molecule has 1 aromatic carbocycles. The number of rotatable bonds is 3. The number of halogens is 1. The number of hydrogen-bond donors (Lipinski definition) is 0. The molecule has 1 aliphatic rings. The Morgan fingerprint density at radius 3 is 2.65 bits per heavy atom. The van der Waals surface area contributed by atoms with Gasteiger partial charge in [-0.15, -0.1) is 0 Å². The summed E-state index contributed by atoms with van der Waals surface area (Å²) in [6, 6.07) is 12.7. The summed E-state index contributed by atoms with van der Waals surface area (Å²) in [6.45, 7) is 2.38. The molecule has 0 bridgehead atoms. The summed E-state index contributed by atoms with van der Waals surface area (Å²) in [5, 5.41) is 1.23. The molecule has 3 rings (SSSR count). The lowest BCUT2D eigenvalue weighted by Gasteiger charge is -2.29. The van der Waals surface area contributed by atoms with Crippen LogP contribution in [0.3, 0.4) is 0 Å². The van der Waals surface area contributed by atoms with Crippen LogP contribution in [0.4, 0.5) is 0 Å². The van der Waals surface area contributed by atoms with Crippen LogP contribution in [0.5, 0.6) is 0 Å². The quantitative estimate of drug-likeness (QED) is 0.689. The minimum atomic E-state index is 0.573. The van der Waals surface area contributed by atoms with Crippen molar-refractivity contribution in [2.24, 2.45) is 11.8 Å². The first kappa shape index (κ1) is 14.1. The third-order valence-corrected chi connectivity index (χ3v) is 5.70. The van der Waals surface area contributed by atoms with Crippen LogP contribution >= 0.6 is 15.9 Å². The molecule has 1 atom stereocenters. The Morgan fingerprint density at radius 1 is 1.10 bits per heavy atom. The van der Waals surface area contributed by atoms with Crippen molar-refractivity contribution in [2.75, 3.05) is 0 Å². The average molecular weight is 332 g/mol. The van der Waals surface area contributed by atoms with E-state index in [4.69, 9.17) is 4.98 Å². The van der Waals surface area contributed by atoms with Crippen LogP contribution in [0.25, 0.3) is 10.9 Å². The van der Waals surface area contributed by atoms with E-state index in [1.165, 1.54) is 36.8 Å². The second-order valence-electron chi connectivity index (χ2n) is 6.24. The Bertz CT molecular complexity index is 572. The van der Waals surface area contributed by atoms with Gasteiger partial charge >= 0.3 is 0 Å². The maximum absolute atomic E-state index is 4.79. The van der Waals surface area contributed by atoms with E-state index in [1.807, 2.05) is 0 Å². The summed E-state index contributed by atoms with van der Waals surface area (Å²) < 4.78 is 0. The van der Waals surface area contributed by atoms with Gasteiger partial charge < -0.3 is 0 Å². The summed E-state index contributed by atoms with van der Waals surface area (Å²) in [5.41, 5.74) is 2.33. The topological polar surface area (TPSA) is 12.9 Å². The van der Waals surface area contributed by atoms with Crippen LogP contribution in [0.1, 0.15) is 38.3 Å². The van der Waals surface area contributed by atoms with Gasteiger partial charge in [-0.05, 0) is 36.8 Å². The number of benzene rings is 1. The largest absolute Gasteiger partial charge is 0.253 e. The molecule has 1 saturated carbocycles. The van der Waals surface area contributed by atoms with Crippen LogP contribution in [0.15, 0.2) is 36.4 Å². The Morgan fingerprint density at radius 2 is 1.85 bits per heavy atom. The molecule has 0 aliphatic heterocycles. The van der Waals surface area contributed by atoms with E-state index in [0.29, 0.717) is 4.83 Å². The molecule has 1 heterocycles. The third-order valence-electron chi connectivity index (χ3n) is 4.63. The van der Waals surface area contributed by atoms with Crippen molar-refractivity contribution in [2.45, 2.75) is 43.9 Å². The van der Waals surface area contributed by atoms with E-state index in [-0.39, 0.29) is 0 Å². The summed E-state index contributed by atoms with van der Waals surface area (Å²) in [5.74, 6) is 1.74. The van der Waals surface area contributed by atoms with Crippen molar-refractivity contribution >= 4 is 26.8 Å². The monoisotopic (exact) mass is 331 g/mol. The first-order valence-corrected chi connectivity index (χ1v) is 8.62. The highest BCUT2D eigenvalue weighted by atomic mass is 79.9. The summed E-state index contributed by atoms with van der Waals surface area (Å²) in [7, 11) is 0. The predicted molar refractivity (Wildman–Crippen MR) is 89.3 cm³/mol. The molecule has 1 nitrogen and oxygen atoms in total. The lowest BCUT2D eigenvalue weighted by Crippen LogP contribution is -2.22. The zero-order chi connectivity index (χ0) is 13.9. The van der Waals surface area contributed by atoms with Crippen LogP contribution < -0.4 is 0 Å². The molecule has 20 heavy (non-hydrogen) atoms. The molecule has 2 aromatic rings. The second-order valence-corrected chi connectivity index (χ2v) is 7.41. The number of para-hydroxylation sites is 1.